The van der Waals surface area contributed by atoms with E-state index < -0.39 is 0 Å². The largest absolute Gasteiger partial charge is 0.311 e. The SMILES string of the molecule is Cn1cc2cc(N3CC(S)CC3=O)ccc2n1. The summed E-state index contributed by atoms with van der Waals surface area (Å²) in [6, 6.07) is 5.90. The molecule has 4 nitrogen and oxygen atoms in total. The van der Waals surface area contributed by atoms with Crippen molar-refractivity contribution >= 4 is 35.1 Å². The van der Waals surface area contributed by atoms with E-state index in [1.54, 1.807) is 9.58 Å². The van der Waals surface area contributed by atoms with Crippen molar-refractivity contribution in [3.63, 3.8) is 0 Å². The quantitative estimate of drug-likeness (QED) is 0.777. The van der Waals surface area contributed by atoms with Crippen LogP contribution < -0.4 is 4.90 Å². The van der Waals surface area contributed by atoms with Crippen molar-refractivity contribution < 1.29 is 4.79 Å². The van der Waals surface area contributed by atoms with Crippen LogP contribution in [-0.2, 0) is 11.8 Å². The Morgan fingerprint density at radius 2 is 2.29 bits per heavy atom. The lowest BCUT2D eigenvalue weighted by molar-refractivity contribution is -0.117. The lowest BCUT2D eigenvalue weighted by Gasteiger charge is -2.15. The third kappa shape index (κ3) is 1.80. The fourth-order valence-corrected chi connectivity index (χ4v) is 2.56. The van der Waals surface area contributed by atoms with Gasteiger partial charge in [0.25, 0.3) is 0 Å². The number of nitrogens with zero attached hydrogens (tertiary/aromatic N) is 3. The Bertz CT molecular complexity index is 592. The summed E-state index contributed by atoms with van der Waals surface area (Å²) in [6.45, 7) is 0.688. The van der Waals surface area contributed by atoms with Crippen LogP contribution >= 0.6 is 12.6 Å². The molecule has 0 aliphatic carbocycles. The third-order valence-electron chi connectivity index (χ3n) is 3.02. The molecule has 1 atom stereocenters. The fraction of sp³-hybridized carbons (Fsp3) is 0.333. The standard InChI is InChI=1S/C12H13N3OS/c1-14-6-8-4-9(2-3-11(8)13-14)15-7-10(17)5-12(15)16/h2-4,6,10,17H,5,7H2,1H3. The first-order valence-electron chi connectivity index (χ1n) is 5.55. The number of hydrogen-bond acceptors (Lipinski definition) is 3. The number of fused-ring (bicyclic) bond motifs is 1. The van der Waals surface area contributed by atoms with E-state index >= 15 is 0 Å². The first-order valence-corrected chi connectivity index (χ1v) is 6.07. The van der Waals surface area contributed by atoms with Crippen molar-refractivity contribution in [2.75, 3.05) is 11.4 Å². The molecule has 2 heterocycles. The van der Waals surface area contributed by atoms with Crippen LogP contribution in [0.2, 0.25) is 0 Å². The number of rotatable bonds is 1. The zero-order chi connectivity index (χ0) is 12.0. The van der Waals surface area contributed by atoms with Crippen molar-refractivity contribution in [1.29, 1.82) is 0 Å². The highest BCUT2D eigenvalue weighted by atomic mass is 32.1. The van der Waals surface area contributed by atoms with Crippen molar-refractivity contribution in [3.05, 3.63) is 24.4 Å². The van der Waals surface area contributed by atoms with Crippen LogP contribution in [-0.4, -0.2) is 27.5 Å². The molecular weight excluding hydrogens is 234 g/mol. The molecule has 0 saturated carbocycles. The number of anilines is 1. The van der Waals surface area contributed by atoms with E-state index in [2.05, 4.69) is 17.7 Å². The van der Waals surface area contributed by atoms with Gasteiger partial charge in [-0.3, -0.25) is 9.48 Å². The van der Waals surface area contributed by atoms with Crippen LogP contribution in [0.5, 0.6) is 0 Å². The molecule has 1 saturated heterocycles. The summed E-state index contributed by atoms with van der Waals surface area (Å²) in [6.07, 6.45) is 2.48. The number of carbonyl (C=O) groups is 1. The number of thiol groups is 1. The summed E-state index contributed by atoms with van der Waals surface area (Å²) >= 11 is 4.36. The predicted molar refractivity (Wildman–Crippen MR) is 70.5 cm³/mol. The molecule has 1 aliphatic rings. The molecule has 3 rings (SSSR count). The number of hydrogen-bond donors (Lipinski definition) is 1. The summed E-state index contributed by atoms with van der Waals surface area (Å²) < 4.78 is 1.78. The molecule has 0 N–H and O–H groups in total. The minimum Gasteiger partial charge on any atom is -0.311 e. The van der Waals surface area contributed by atoms with Gasteiger partial charge in [0.2, 0.25) is 5.91 Å². The average molecular weight is 247 g/mol. The molecular formula is C12H13N3OS. The van der Waals surface area contributed by atoms with Gasteiger partial charge >= 0.3 is 0 Å². The molecule has 1 fully saturated rings. The minimum atomic E-state index is 0.145. The summed E-state index contributed by atoms with van der Waals surface area (Å²) in [5.41, 5.74) is 1.89. The molecule has 2 aromatic rings. The highest BCUT2D eigenvalue weighted by molar-refractivity contribution is 7.81. The van der Waals surface area contributed by atoms with Gasteiger partial charge in [-0.25, -0.2) is 0 Å². The second-order valence-electron chi connectivity index (χ2n) is 4.41. The van der Waals surface area contributed by atoms with Crippen LogP contribution in [0.3, 0.4) is 0 Å². The smallest absolute Gasteiger partial charge is 0.228 e. The number of carbonyl (C=O) groups excluding carboxylic acids is 1. The Kier molecular flexibility index (Phi) is 2.36. The van der Waals surface area contributed by atoms with Crippen molar-refractivity contribution in [3.8, 4) is 0 Å². The second-order valence-corrected chi connectivity index (χ2v) is 5.14. The lowest BCUT2D eigenvalue weighted by atomic mass is 10.2. The van der Waals surface area contributed by atoms with Gasteiger partial charge < -0.3 is 4.90 Å². The van der Waals surface area contributed by atoms with Crippen LogP contribution in [0.1, 0.15) is 6.42 Å². The molecule has 17 heavy (non-hydrogen) atoms. The van der Waals surface area contributed by atoms with Gasteiger partial charge in [-0.2, -0.15) is 17.7 Å². The van der Waals surface area contributed by atoms with E-state index in [4.69, 9.17) is 0 Å². The Balaban J connectivity index is 2.03. The molecule has 5 heteroatoms. The minimum absolute atomic E-state index is 0.145. The molecule has 1 amide bonds. The first-order chi connectivity index (χ1) is 8.13. The van der Waals surface area contributed by atoms with Gasteiger partial charge in [0.15, 0.2) is 0 Å². The summed E-state index contributed by atoms with van der Waals surface area (Å²) in [4.78, 5) is 13.6. The Morgan fingerprint density at radius 1 is 1.47 bits per heavy atom. The molecule has 1 unspecified atom stereocenters. The normalized spacial score (nSPS) is 20.5. The van der Waals surface area contributed by atoms with Crippen LogP contribution in [0.25, 0.3) is 10.9 Å². The number of benzene rings is 1. The zero-order valence-electron chi connectivity index (χ0n) is 9.50. The molecule has 0 radical (unpaired) electrons. The van der Waals surface area contributed by atoms with E-state index in [9.17, 15) is 4.79 Å². The highest BCUT2D eigenvalue weighted by Crippen LogP contribution is 2.26. The average Bonchev–Trinajstić information content (AvgIpc) is 2.78. The van der Waals surface area contributed by atoms with Gasteiger partial charge in [0, 0.05) is 42.5 Å². The topological polar surface area (TPSA) is 38.1 Å². The van der Waals surface area contributed by atoms with Gasteiger partial charge in [0.1, 0.15) is 0 Å². The maximum Gasteiger partial charge on any atom is 0.228 e. The summed E-state index contributed by atoms with van der Waals surface area (Å²) in [5.74, 6) is 0.147. The van der Waals surface area contributed by atoms with Crippen molar-refractivity contribution in [2.24, 2.45) is 7.05 Å². The van der Waals surface area contributed by atoms with Crippen molar-refractivity contribution in [1.82, 2.24) is 9.78 Å². The summed E-state index contributed by atoms with van der Waals surface area (Å²) in [5, 5.41) is 5.51. The molecule has 1 aromatic carbocycles. The Hall–Kier alpha value is -1.49. The first kappa shape index (κ1) is 10.7. The lowest BCUT2D eigenvalue weighted by Crippen LogP contribution is -2.24. The number of aromatic nitrogens is 2. The molecule has 1 aromatic heterocycles. The Morgan fingerprint density at radius 3 is 3.00 bits per heavy atom. The fourth-order valence-electron chi connectivity index (χ4n) is 2.24. The summed E-state index contributed by atoms with van der Waals surface area (Å²) in [7, 11) is 1.89. The molecule has 88 valence electrons. The van der Waals surface area contributed by atoms with Crippen molar-refractivity contribution in [2.45, 2.75) is 11.7 Å². The Labute approximate surface area is 105 Å². The van der Waals surface area contributed by atoms with Gasteiger partial charge in [0.05, 0.1) is 5.52 Å². The second kappa shape index (κ2) is 3.77. The van der Waals surface area contributed by atoms with Gasteiger partial charge in [-0.05, 0) is 18.2 Å². The molecule has 0 bridgehead atoms. The van der Waals surface area contributed by atoms with Gasteiger partial charge in [-0.15, -0.1) is 0 Å². The maximum atomic E-state index is 11.8. The van der Waals surface area contributed by atoms with Crippen LogP contribution in [0.4, 0.5) is 5.69 Å². The van der Waals surface area contributed by atoms with E-state index in [1.165, 1.54) is 0 Å². The molecule has 1 aliphatic heterocycles. The van der Waals surface area contributed by atoms with E-state index in [1.807, 2.05) is 31.4 Å². The highest BCUT2D eigenvalue weighted by Gasteiger charge is 2.28. The number of amides is 1. The van der Waals surface area contributed by atoms with E-state index in [0.717, 1.165) is 16.6 Å². The van der Waals surface area contributed by atoms with Crippen LogP contribution in [0, 0.1) is 0 Å². The van der Waals surface area contributed by atoms with Crippen LogP contribution in [0.15, 0.2) is 24.4 Å². The van der Waals surface area contributed by atoms with Gasteiger partial charge in [-0.1, -0.05) is 0 Å². The maximum absolute atomic E-state index is 11.8. The monoisotopic (exact) mass is 247 g/mol. The third-order valence-corrected chi connectivity index (χ3v) is 3.36. The molecule has 0 spiro atoms. The predicted octanol–water partition coefficient (Wildman–Crippen LogP) is 1.61. The van der Waals surface area contributed by atoms with E-state index in [-0.39, 0.29) is 11.2 Å². The van der Waals surface area contributed by atoms with E-state index in [0.29, 0.717) is 13.0 Å². The number of aryl methyl sites for hydroxylation is 1. The zero-order valence-corrected chi connectivity index (χ0v) is 10.4.